The van der Waals surface area contributed by atoms with E-state index in [2.05, 4.69) is 0 Å². The van der Waals surface area contributed by atoms with Gasteiger partial charge in [-0.2, -0.15) is 0 Å². The summed E-state index contributed by atoms with van der Waals surface area (Å²) in [5, 5.41) is 0. The Morgan fingerprint density at radius 1 is 1.40 bits per heavy atom. The van der Waals surface area contributed by atoms with Crippen LogP contribution in [-0.2, 0) is 0 Å². The van der Waals surface area contributed by atoms with Crippen molar-refractivity contribution in [1.29, 1.82) is 0 Å². The Hall–Kier alpha value is -1.09. The van der Waals surface area contributed by atoms with Gasteiger partial charge in [0.15, 0.2) is 11.6 Å². The standard InChI is InChI=1S/C12H18FNO/c1-3-9(8-14)10-5-6-12(15-4-2)11(13)7-10/h5-7,9H,3-4,8,14H2,1-2H3. The summed E-state index contributed by atoms with van der Waals surface area (Å²) in [6.07, 6.45) is 0.921. The van der Waals surface area contributed by atoms with E-state index in [1.165, 1.54) is 6.07 Å². The van der Waals surface area contributed by atoms with E-state index in [-0.39, 0.29) is 11.7 Å². The Morgan fingerprint density at radius 2 is 2.13 bits per heavy atom. The minimum Gasteiger partial charge on any atom is -0.491 e. The second-order valence-electron chi connectivity index (χ2n) is 3.46. The molecule has 1 unspecified atom stereocenters. The molecular formula is C12H18FNO. The predicted octanol–water partition coefficient (Wildman–Crippen LogP) is 2.68. The zero-order valence-corrected chi connectivity index (χ0v) is 9.29. The Bertz CT molecular complexity index is 310. The van der Waals surface area contributed by atoms with Crippen LogP contribution in [0.15, 0.2) is 18.2 Å². The van der Waals surface area contributed by atoms with Crippen molar-refractivity contribution in [2.45, 2.75) is 26.2 Å². The van der Waals surface area contributed by atoms with Crippen molar-refractivity contribution in [2.24, 2.45) is 5.73 Å². The Morgan fingerprint density at radius 3 is 2.60 bits per heavy atom. The number of benzene rings is 1. The average Bonchev–Trinajstić information content (AvgIpc) is 2.24. The van der Waals surface area contributed by atoms with Gasteiger partial charge < -0.3 is 10.5 Å². The van der Waals surface area contributed by atoms with Crippen molar-refractivity contribution in [2.75, 3.05) is 13.2 Å². The quantitative estimate of drug-likeness (QED) is 0.812. The molecule has 0 bridgehead atoms. The van der Waals surface area contributed by atoms with Crippen molar-refractivity contribution in [3.8, 4) is 5.75 Å². The zero-order chi connectivity index (χ0) is 11.3. The molecule has 0 fully saturated rings. The third-order valence-electron chi connectivity index (χ3n) is 2.50. The van der Waals surface area contributed by atoms with Crippen molar-refractivity contribution in [3.63, 3.8) is 0 Å². The molecule has 84 valence electrons. The van der Waals surface area contributed by atoms with Gasteiger partial charge in [0.05, 0.1) is 6.61 Å². The summed E-state index contributed by atoms with van der Waals surface area (Å²) in [5.41, 5.74) is 6.55. The average molecular weight is 211 g/mol. The van der Waals surface area contributed by atoms with E-state index in [0.717, 1.165) is 12.0 Å². The second-order valence-corrected chi connectivity index (χ2v) is 3.46. The van der Waals surface area contributed by atoms with E-state index in [1.54, 1.807) is 6.07 Å². The van der Waals surface area contributed by atoms with Gasteiger partial charge in [0.1, 0.15) is 0 Å². The minimum atomic E-state index is -0.304. The highest BCUT2D eigenvalue weighted by Gasteiger charge is 2.10. The van der Waals surface area contributed by atoms with Crippen LogP contribution in [-0.4, -0.2) is 13.2 Å². The van der Waals surface area contributed by atoms with Crippen LogP contribution in [0.2, 0.25) is 0 Å². The predicted molar refractivity (Wildman–Crippen MR) is 59.7 cm³/mol. The number of halogens is 1. The van der Waals surface area contributed by atoms with Gasteiger partial charge in [-0.25, -0.2) is 4.39 Å². The van der Waals surface area contributed by atoms with Crippen LogP contribution in [0.3, 0.4) is 0 Å². The normalized spacial score (nSPS) is 12.5. The summed E-state index contributed by atoms with van der Waals surface area (Å²) in [4.78, 5) is 0. The van der Waals surface area contributed by atoms with E-state index < -0.39 is 0 Å². The highest BCUT2D eigenvalue weighted by Crippen LogP contribution is 2.24. The van der Waals surface area contributed by atoms with Crippen LogP contribution < -0.4 is 10.5 Å². The molecule has 1 aromatic rings. The van der Waals surface area contributed by atoms with Crippen molar-refractivity contribution in [1.82, 2.24) is 0 Å². The van der Waals surface area contributed by atoms with Gasteiger partial charge in [0.2, 0.25) is 0 Å². The first-order valence-corrected chi connectivity index (χ1v) is 5.35. The molecule has 3 heteroatoms. The highest BCUT2D eigenvalue weighted by atomic mass is 19.1. The molecule has 0 amide bonds. The van der Waals surface area contributed by atoms with Crippen molar-refractivity contribution >= 4 is 0 Å². The molecule has 2 nitrogen and oxygen atoms in total. The maximum Gasteiger partial charge on any atom is 0.165 e. The van der Waals surface area contributed by atoms with Crippen LogP contribution >= 0.6 is 0 Å². The third-order valence-corrected chi connectivity index (χ3v) is 2.50. The zero-order valence-electron chi connectivity index (χ0n) is 9.29. The summed E-state index contributed by atoms with van der Waals surface area (Å²) in [7, 11) is 0. The topological polar surface area (TPSA) is 35.2 Å². The van der Waals surface area contributed by atoms with E-state index in [9.17, 15) is 4.39 Å². The molecule has 0 aromatic heterocycles. The number of hydrogen-bond donors (Lipinski definition) is 1. The number of nitrogens with two attached hydrogens (primary N) is 1. The molecule has 0 radical (unpaired) electrons. The molecule has 1 aromatic carbocycles. The molecule has 0 heterocycles. The second kappa shape index (κ2) is 5.71. The van der Waals surface area contributed by atoms with Gasteiger partial charge in [0, 0.05) is 0 Å². The van der Waals surface area contributed by atoms with Gasteiger partial charge in [-0.3, -0.25) is 0 Å². The summed E-state index contributed by atoms with van der Waals surface area (Å²) in [6, 6.07) is 5.08. The maximum absolute atomic E-state index is 13.5. The van der Waals surface area contributed by atoms with Gasteiger partial charge in [0.25, 0.3) is 0 Å². The Labute approximate surface area is 90.2 Å². The molecule has 0 aliphatic heterocycles. The third kappa shape index (κ3) is 2.93. The van der Waals surface area contributed by atoms with E-state index in [4.69, 9.17) is 10.5 Å². The highest BCUT2D eigenvalue weighted by molar-refractivity contribution is 5.31. The van der Waals surface area contributed by atoms with E-state index >= 15 is 0 Å². The summed E-state index contributed by atoms with van der Waals surface area (Å²) >= 11 is 0. The van der Waals surface area contributed by atoms with Crippen molar-refractivity contribution < 1.29 is 9.13 Å². The van der Waals surface area contributed by atoms with Crippen molar-refractivity contribution in [3.05, 3.63) is 29.6 Å². The van der Waals surface area contributed by atoms with Crippen LogP contribution in [0.5, 0.6) is 5.75 Å². The van der Waals surface area contributed by atoms with Gasteiger partial charge in [-0.15, -0.1) is 0 Å². The van der Waals surface area contributed by atoms with Crippen LogP contribution in [0.25, 0.3) is 0 Å². The van der Waals surface area contributed by atoms with Crippen LogP contribution in [0, 0.1) is 5.82 Å². The van der Waals surface area contributed by atoms with E-state index in [0.29, 0.717) is 18.9 Å². The SMILES string of the molecule is CCOc1ccc(C(CC)CN)cc1F. The first kappa shape index (κ1) is 12.0. The maximum atomic E-state index is 13.5. The number of ether oxygens (including phenoxy) is 1. The van der Waals surface area contributed by atoms with Crippen LogP contribution in [0.1, 0.15) is 31.7 Å². The molecule has 0 spiro atoms. The summed E-state index contributed by atoms with van der Waals surface area (Å²) in [6.45, 7) is 4.91. The lowest BCUT2D eigenvalue weighted by atomic mass is 9.96. The molecule has 0 aliphatic carbocycles. The Balaban J connectivity index is 2.89. The number of rotatable bonds is 5. The van der Waals surface area contributed by atoms with Gasteiger partial charge >= 0.3 is 0 Å². The fourth-order valence-corrected chi connectivity index (χ4v) is 1.58. The van der Waals surface area contributed by atoms with Gasteiger partial charge in [-0.05, 0) is 43.5 Å². The molecule has 15 heavy (non-hydrogen) atoms. The lowest BCUT2D eigenvalue weighted by Gasteiger charge is -2.13. The lowest BCUT2D eigenvalue weighted by molar-refractivity contribution is 0.321. The Kier molecular flexibility index (Phi) is 4.56. The molecule has 0 saturated heterocycles. The van der Waals surface area contributed by atoms with Gasteiger partial charge in [-0.1, -0.05) is 13.0 Å². The molecule has 2 N–H and O–H groups in total. The summed E-state index contributed by atoms with van der Waals surface area (Å²) in [5.74, 6) is 0.240. The largest absolute Gasteiger partial charge is 0.491 e. The fraction of sp³-hybridized carbons (Fsp3) is 0.500. The first-order valence-electron chi connectivity index (χ1n) is 5.35. The molecular weight excluding hydrogens is 193 g/mol. The molecule has 1 atom stereocenters. The smallest absolute Gasteiger partial charge is 0.165 e. The first-order chi connectivity index (χ1) is 7.22. The lowest BCUT2D eigenvalue weighted by Crippen LogP contribution is -2.11. The molecule has 0 saturated carbocycles. The molecule has 0 aliphatic rings. The minimum absolute atomic E-state index is 0.232. The molecule has 1 rings (SSSR count). The fourth-order valence-electron chi connectivity index (χ4n) is 1.58. The monoisotopic (exact) mass is 211 g/mol. The number of hydrogen-bond acceptors (Lipinski definition) is 2. The van der Waals surface area contributed by atoms with E-state index in [1.807, 2.05) is 19.9 Å². The summed E-state index contributed by atoms with van der Waals surface area (Å²) < 4.78 is 18.6. The van der Waals surface area contributed by atoms with Crippen LogP contribution in [0.4, 0.5) is 4.39 Å².